The van der Waals surface area contributed by atoms with Crippen molar-refractivity contribution >= 4 is 0 Å². The highest BCUT2D eigenvalue weighted by molar-refractivity contribution is 5.38. The second-order valence-electron chi connectivity index (χ2n) is 5.61. The van der Waals surface area contributed by atoms with Gasteiger partial charge in [-0.25, -0.2) is 0 Å². The zero-order valence-electron chi connectivity index (χ0n) is 13.2. The summed E-state index contributed by atoms with van der Waals surface area (Å²) in [6.07, 6.45) is 3.00. The highest BCUT2D eigenvalue weighted by Gasteiger charge is 2.16. The Bertz CT molecular complexity index is 561. The van der Waals surface area contributed by atoms with Crippen molar-refractivity contribution < 1.29 is 0 Å². The minimum atomic E-state index is 0.279. The molecule has 2 rings (SSSR count). The van der Waals surface area contributed by atoms with Crippen LogP contribution >= 0.6 is 0 Å². The van der Waals surface area contributed by atoms with Crippen LogP contribution in [0.1, 0.15) is 40.9 Å². The quantitative estimate of drug-likeness (QED) is 0.904. The van der Waals surface area contributed by atoms with Crippen molar-refractivity contribution in [2.75, 3.05) is 6.54 Å². The van der Waals surface area contributed by atoms with E-state index in [1.54, 1.807) is 0 Å². The van der Waals surface area contributed by atoms with Crippen LogP contribution in [0.15, 0.2) is 24.4 Å². The molecule has 1 aromatic carbocycles. The first kappa shape index (κ1) is 14.8. The molecule has 0 saturated carbocycles. The Morgan fingerprint density at radius 3 is 2.35 bits per heavy atom. The van der Waals surface area contributed by atoms with Gasteiger partial charge in [-0.15, -0.1) is 0 Å². The van der Waals surface area contributed by atoms with Gasteiger partial charge in [0.15, 0.2) is 0 Å². The van der Waals surface area contributed by atoms with Gasteiger partial charge in [-0.2, -0.15) is 5.10 Å². The fraction of sp³-hybridized carbons (Fsp3) is 0.471. The van der Waals surface area contributed by atoms with Gasteiger partial charge in [0.2, 0.25) is 0 Å². The summed E-state index contributed by atoms with van der Waals surface area (Å²) in [6.45, 7) is 9.66. The van der Waals surface area contributed by atoms with E-state index in [1.807, 2.05) is 17.9 Å². The number of aryl methyl sites for hydroxylation is 4. The first-order valence-corrected chi connectivity index (χ1v) is 7.31. The molecule has 3 heteroatoms. The minimum Gasteiger partial charge on any atom is -0.309 e. The van der Waals surface area contributed by atoms with E-state index in [2.05, 4.69) is 56.3 Å². The number of nitrogens with one attached hydrogen (secondary N) is 1. The summed E-state index contributed by atoms with van der Waals surface area (Å²) in [6, 6.07) is 6.92. The molecule has 0 radical (unpaired) electrons. The summed E-state index contributed by atoms with van der Waals surface area (Å²) in [5.74, 6) is 0. The molecule has 0 aliphatic carbocycles. The summed E-state index contributed by atoms with van der Waals surface area (Å²) in [5, 5.41) is 8.11. The van der Waals surface area contributed by atoms with Crippen LogP contribution in [0, 0.1) is 20.8 Å². The third-order valence-electron chi connectivity index (χ3n) is 3.79. The van der Waals surface area contributed by atoms with E-state index in [-0.39, 0.29) is 6.04 Å². The molecule has 1 atom stereocenters. The van der Waals surface area contributed by atoms with Gasteiger partial charge in [0.05, 0.1) is 11.7 Å². The fourth-order valence-electron chi connectivity index (χ4n) is 2.88. The lowest BCUT2D eigenvalue weighted by Gasteiger charge is -2.19. The van der Waals surface area contributed by atoms with Gasteiger partial charge >= 0.3 is 0 Å². The van der Waals surface area contributed by atoms with Crippen LogP contribution in [0.4, 0.5) is 0 Å². The van der Waals surface area contributed by atoms with Crippen molar-refractivity contribution in [3.8, 4) is 0 Å². The van der Waals surface area contributed by atoms with Crippen LogP contribution in [0.3, 0.4) is 0 Å². The number of likely N-dealkylation sites (N-methyl/N-ethyl adjacent to an activating group) is 1. The Hall–Kier alpha value is -1.61. The Morgan fingerprint density at radius 1 is 1.20 bits per heavy atom. The van der Waals surface area contributed by atoms with Crippen molar-refractivity contribution in [2.24, 2.45) is 7.05 Å². The molecule has 1 aromatic heterocycles. The van der Waals surface area contributed by atoms with Crippen LogP contribution in [0.5, 0.6) is 0 Å². The zero-order chi connectivity index (χ0) is 14.7. The van der Waals surface area contributed by atoms with Crippen LogP contribution in [-0.2, 0) is 13.5 Å². The third kappa shape index (κ3) is 3.28. The van der Waals surface area contributed by atoms with Crippen LogP contribution < -0.4 is 5.32 Å². The number of hydrogen-bond donors (Lipinski definition) is 1. The number of hydrogen-bond acceptors (Lipinski definition) is 2. The molecule has 1 N–H and O–H groups in total. The molecule has 20 heavy (non-hydrogen) atoms. The van der Waals surface area contributed by atoms with E-state index >= 15 is 0 Å². The molecule has 108 valence electrons. The van der Waals surface area contributed by atoms with Crippen molar-refractivity contribution in [2.45, 2.75) is 40.2 Å². The second-order valence-corrected chi connectivity index (χ2v) is 5.61. The molecule has 0 spiro atoms. The maximum atomic E-state index is 4.56. The van der Waals surface area contributed by atoms with E-state index < -0.39 is 0 Å². The molecule has 0 bridgehead atoms. The van der Waals surface area contributed by atoms with Gasteiger partial charge in [-0.3, -0.25) is 4.68 Å². The van der Waals surface area contributed by atoms with E-state index in [0.29, 0.717) is 0 Å². The van der Waals surface area contributed by atoms with Crippen LogP contribution in [0.25, 0.3) is 0 Å². The summed E-state index contributed by atoms with van der Waals surface area (Å²) >= 11 is 0. The average molecular weight is 271 g/mol. The fourth-order valence-corrected chi connectivity index (χ4v) is 2.88. The molecule has 1 heterocycles. The normalized spacial score (nSPS) is 12.7. The highest BCUT2D eigenvalue weighted by atomic mass is 15.3. The van der Waals surface area contributed by atoms with Crippen LogP contribution in [0.2, 0.25) is 0 Å². The van der Waals surface area contributed by atoms with Gasteiger partial charge in [0.1, 0.15) is 0 Å². The molecular weight excluding hydrogens is 246 g/mol. The number of nitrogens with zero attached hydrogens (tertiary/aromatic N) is 2. The Morgan fingerprint density at radius 2 is 1.85 bits per heavy atom. The lowest BCUT2D eigenvalue weighted by Crippen LogP contribution is -2.24. The first-order chi connectivity index (χ1) is 9.51. The van der Waals surface area contributed by atoms with Gasteiger partial charge in [-0.1, -0.05) is 24.6 Å². The van der Waals surface area contributed by atoms with E-state index in [1.165, 1.54) is 22.3 Å². The largest absolute Gasteiger partial charge is 0.309 e. The molecule has 0 fully saturated rings. The van der Waals surface area contributed by atoms with E-state index in [9.17, 15) is 0 Å². The standard InChI is InChI=1S/C17H25N3/c1-6-18-17(16-7-8-20(5)19-16)11-15-13(3)9-12(2)10-14(15)4/h7-10,17-18H,6,11H2,1-5H3. The average Bonchev–Trinajstić information content (AvgIpc) is 2.79. The molecule has 0 amide bonds. The molecule has 3 nitrogen and oxygen atoms in total. The smallest absolute Gasteiger partial charge is 0.0797 e. The molecule has 1 unspecified atom stereocenters. The summed E-state index contributed by atoms with van der Waals surface area (Å²) < 4.78 is 1.87. The topological polar surface area (TPSA) is 29.9 Å². The van der Waals surface area contributed by atoms with Crippen molar-refractivity contribution in [1.29, 1.82) is 0 Å². The Kier molecular flexibility index (Phi) is 4.61. The van der Waals surface area contributed by atoms with Gasteiger partial charge < -0.3 is 5.32 Å². The SMILES string of the molecule is CCNC(Cc1c(C)cc(C)cc1C)c1ccn(C)n1. The monoisotopic (exact) mass is 271 g/mol. The van der Waals surface area contributed by atoms with E-state index in [0.717, 1.165) is 18.7 Å². The molecular formula is C17H25N3. The van der Waals surface area contributed by atoms with Gasteiger partial charge in [0.25, 0.3) is 0 Å². The van der Waals surface area contributed by atoms with Gasteiger partial charge in [0, 0.05) is 13.2 Å². The number of rotatable bonds is 5. The summed E-state index contributed by atoms with van der Waals surface area (Å²) in [7, 11) is 1.97. The summed E-state index contributed by atoms with van der Waals surface area (Å²) in [4.78, 5) is 0. The summed E-state index contributed by atoms with van der Waals surface area (Å²) in [5.41, 5.74) is 6.64. The first-order valence-electron chi connectivity index (χ1n) is 7.31. The number of benzene rings is 1. The molecule has 2 aromatic rings. The highest BCUT2D eigenvalue weighted by Crippen LogP contribution is 2.23. The van der Waals surface area contributed by atoms with Crippen molar-refractivity contribution in [3.05, 3.63) is 52.3 Å². The third-order valence-corrected chi connectivity index (χ3v) is 3.79. The molecule has 0 saturated heterocycles. The van der Waals surface area contributed by atoms with Crippen molar-refractivity contribution in [3.63, 3.8) is 0 Å². The van der Waals surface area contributed by atoms with E-state index in [4.69, 9.17) is 0 Å². The maximum Gasteiger partial charge on any atom is 0.0797 e. The van der Waals surface area contributed by atoms with Gasteiger partial charge in [-0.05, 0) is 56.5 Å². The number of aromatic nitrogens is 2. The Balaban J connectivity index is 2.29. The van der Waals surface area contributed by atoms with Crippen molar-refractivity contribution in [1.82, 2.24) is 15.1 Å². The predicted octanol–water partition coefficient (Wildman–Crippen LogP) is 3.24. The molecule has 0 aliphatic heterocycles. The van der Waals surface area contributed by atoms with Crippen LogP contribution in [-0.4, -0.2) is 16.3 Å². The second kappa shape index (κ2) is 6.23. The lowest BCUT2D eigenvalue weighted by molar-refractivity contribution is 0.526. The lowest BCUT2D eigenvalue weighted by atomic mass is 9.93. The molecule has 0 aliphatic rings. The Labute approximate surface area is 122 Å². The predicted molar refractivity (Wildman–Crippen MR) is 84.0 cm³/mol. The maximum absolute atomic E-state index is 4.56. The minimum absolute atomic E-state index is 0.279. The zero-order valence-corrected chi connectivity index (χ0v) is 13.2.